The van der Waals surface area contributed by atoms with E-state index in [1.807, 2.05) is 30.5 Å². The Kier molecular flexibility index (Phi) is 3.93. The monoisotopic (exact) mass is 373 g/mol. The second-order valence-electron chi connectivity index (χ2n) is 7.46. The molecule has 5 aromatic rings. The lowest BCUT2D eigenvalue weighted by molar-refractivity contribution is 1.16. The zero-order valence-electron chi connectivity index (χ0n) is 16.3. The summed E-state index contributed by atoms with van der Waals surface area (Å²) < 4.78 is 2.21. The molecule has 0 spiro atoms. The lowest BCUT2D eigenvalue weighted by Gasteiger charge is -2.12. The van der Waals surface area contributed by atoms with Crippen molar-refractivity contribution in [3.05, 3.63) is 95.8 Å². The van der Waals surface area contributed by atoms with Gasteiger partial charge >= 0.3 is 0 Å². The van der Waals surface area contributed by atoms with Gasteiger partial charge in [0.15, 0.2) is 0 Å². The van der Waals surface area contributed by atoms with Crippen molar-refractivity contribution in [3.63, 3.8) is 0 Å². The molecule has 0 radical (unpaired) electrons. The number of benzene rings is 3. The number of rotatable bonds is 2. The van der Waals surface area contributed by atoms with E-state index in [-0.39, 0.29) is 0 Å². The van der Waals surface area contributed by atoms with Crippen LogP contribution in [0.2, 0.25) is 0 Å². The van der Waals surface area contributed by atoms with Crippen LogP contribution in [0.1, 0.15) is 16.7 Å². The summed E-state index contributed by atoms with van der Waals surface area (Å²) >= 11 is 0. The van der Waals surface area contributed by atoms with Crippen LogP contribution < -0.4 is 0 Å². The van der Waals surface area contributed by atoms with Crippen molar-refractivity contribution in [1.82, 2.24) is 9.55 Å². The highest BCUT2D eigenvalue weighted by Gasteiger charge is 2.16. The summed E-state index contributed by atoms with van der Waals surface area (Å²) in [5.41, 5.74) is 8.28. The first kappa shape index (κ1) is 17.2. The molecule has 5 rings (SSSR count). The molecule has 0 aliphatic carbocycles. The molecule has 0 aliphatic rings. The first-order valence-electron chi connectivity index (χ1n) is 9.62. The average Bonchev–Trinajstić information content (AvgIpc) is 3.06. The maximum atomic E-state index is 9.84. The van der Waals surface area contributed by atoms with E-state index < -0.39 is 0 Å². The van der Waals surface area contributed by atoms with Gasteiger partial charge in [-0.3, -0.25) is 4.98 Å². The molecule has 3 heteroatoms. The van der Waals surface area contributed by atoms with E-state index >= 15 is 0 Å². The molecule has 0 saturated heterocycles. The smallest absolute Gasteiger partial charge is 0.101 e. The molecule has 3 aromatic carbocycles. The number of hydrogen-bond donors (Lipinski definition) is 0. The van der Waals surface area contributed by atoms with Crippen molar-refractivity contribution in [2.45, 2.75) is 13.8 Å². The van der Waals surface area contributed by atoms with E-state index in [2.05, 4.69) is 71.9 Å². The van der Waals surface area contributed by atoms with Crippen molar-refractivity contribution >= 4 is 21.8 Å². The molecule has 0 unspecified atom stereocenters. The van der Waals surface area contributed by atoms with Gasteiger partial charge in [-0.2, -0.15) is 5.26 Å². The molecule has 138 valence electrons. The van der Waals surface area contributed by atoms with Gasteiger partial charge < -0.3 is 4.57 Å². The number of aryl methyl sites for hydroxylation is 2. The number of nitrogens with zero attached hydrogens (tertiary/aromatic N) is 3. The van der Waals surface area contributed by atoms with Gasteiger partial charge in [-0.1, -0.05) is 35.4 Å². The van der Waals surface area contributed by atoms with Gasteiger partial charge in [0.2, 0.25) is 0 Å². The predicted octanol–water partition coefficient (Wildman–Crippen LogP) is 6.33. The molecule has 29 heavy (non-hydrogen) atoms. The zero-order chi connectivity index (χ0) is 20.0. The fraction of sp³-hybridized carbons (Fsp3) is 0.0769. The van der Waals surface area contributed by atoms with E-state index in [0.29, 0.717) is 5.56 Å². The van der Waals surface area contributed by atoms with Crippen LogP contribution in [-0.2, 0) is 0 Å². The lowest BCUT2D eigenvalue weighted by atomic mass is 10.0. The van der Waals surface area contributed by atoms with Gasteiger partial charge in [0, 0.05) is 28.7 Å². The summed E-state index contributed by atoms with van der Waals surface area (Å²) in [6.07, 6.45) is 3.62. The van der Waals surface area contributed by atoms with Gasteiger partial charge in [0.1, 0.15) is 6.07 Å². The van der Waals surface area contributed by atoms with Crippen molar-refractivity contribution in [2.24, 2.45) is 0 Å². The Hall–Kier alpha value is -3.90. The fourth-order valence-electron chi connectivity index (χ4n) is 4.03. The minimum Gasteiger partial charge on any atom is -0.308 e. The second kappa shape index (κ2) is 6.61. The molecule has 0 bridgehead atoms. The number of hydrogen-bond acceptors (Lipinski definition) is 2. The number of aromatic nitrogens is 2. The molecule has 2 aromatic heterocycles. The topological polar surface area (TPSA) is 41.6 Å². The summed E-state index contributed by atoms with van der Waals surface area (Å²) in [4.78, 5) is 4.24. The number of nitriles is 1. The minimum absolute atomic E-state index is 0.651. The van der Waals surface area contributed by atoms with E-state index in [1.54, 1.807) is 6.20 Å². The molecule has 0 N–H and O–H groups in total. The van der Waals surface area contributed by atoms with E-state index in [4.69, 9.17) is 0 Å². The van der Waals surface area contributed by atoms with Crippen molar-refractivity contribution in [1.29, 1.82) is 5.26 Å². The Morgan fingerprint density at radius 3 is 2.07 bits per heavy atom. The van der Waals surface area contributed by atoms with Gasteiger partial charge in [-0.15, -0.1) is 0 Å². The third-order valence-corrected chi connectivity index (χ3v) is 5.43. The summed E-state index contributed by atoms with van der Waals surface area (Å²) in [5.74, 6) is 0. The Bertz CT molecular complexity index is 1360. The Labute approximate surface area is 169 Å². The van der Waals surface area contributed by atoms with Crippen LogP contribution in [0.5, 0.6) is 0 Å². The van der Waals surface area contributed by atoms with Crippen LogP contribution in [0.25, 0.3) is 38.6 Å². The van der Waals surface area contributed by atoms with Gasteiger partial charge in [0.25, 0.3) is 0 Å². The van der Waals surface area contributed by atoms with E-state index in [1.165, 1.54) is 21.9 Å². The first-order valence-corrected chi connectivity index (χ1v) is 9.62. The van der Waals surface area contributed by atoms with Crippen LogP contribution in [0.15, 0.2) is 79.1 Å². The van der Waals surface area contributed by atoms with E-state index in [9.17, 15) is 5.26 Å². The molecular weight excluding hydrogens is 354 g/mol. The predicted molar refractivity (Wildman–Crippen MR) is 118 cm³/mol. The van der Waals surface area contributed by atoms with Gasteiger partial charge in [-0.05, 0) is 61.9 Å². The Morgan fingerprint density at radius 1 is 0.793 bits per heavy atom. The molecular formula is C26H19N3. The molecule has 3 nitrogen and oxygen atoms in total. The maximum absolute atomic E-state index is 9.84. The summed E-state index contributed by atoms with van der Waals surface area (Å²) in [7, 11) is 0. The average molecular weight is 373 g/mol. The number of pyridine rings is 1. The SMILES string of the molecule is Cc1ccc2c(c1)c1cc(C)ccc1n2-c1cc(-c2cccnc2)ccc1C#N. The highest BCUT2D eigenvalue weighted by molar-refractivity contribution is 6.10. The van der Waals surface area contributed by atoms with Crippen LogP contribution >= 0.6 is 0 Å². The van der Waals surface area contributed by atoms with Crippen LogP contribution in [0.4, 0.5) is 0 Å². The van der Waals surface area contributed by atoms with Crippen LogP contribution in [-0.4, -0.2) is 9.55 Å². The molecule has 0 atom stereocenters. The quantitative estimate of drug-likeness (QED) is 0.362. The molecule has 0 saturated carbocycles. The fourth-order valence-corrected chi connectivity index (χ4v) is 4.03. The van der Waals surface area contributed by atoms with Crippen molar-refractivity contribution < 1.29 is 0 Å². The second-order valence-corrected chi connectivity index (χ2v) is 7.46. The third-order valence-electron chi connectivity index (χ3n) is 5.43. The van der Waals surface area contributed by atoms with Crippen molar-refractivity contribution in [2.75, 3.05) is 0 Å². The lowest BCUT2D eigenvalue weighted by Crippen LogP contribution is -1.98. The van der Waals surface area contributed by atoms with Gasteiger partial charge in [0.05, 0.1) is 22.3 Å². The van der Waals surface area contributed by atoms with Crippen LogP contribution in [0, 0.1) is 25.2 Å². The normalized spacial score (nSPS) is 11.1. The molecule has 0 fully saturated rings. The molecule has 0 amide bonds. The highest BCUT2D eigenvalue weighted by atomic mass is 15.0. The minimum atomic E-state index is 0.651. The van der Waals surface area contributed by atoms with Crippen molar-refractivity contribution in [3.8, 4) is 22.9 Å². The first-order chi connectivity index (χ1) is 14.2. The Balaban J connectivity index is 1.89. The van der Waals surface area contributed by atoms with E-state index in [0.717, 1.165) is 27.8 Å². The maximum Gasteiger partial charge on any atom is 0.101 e. The third kappa shape index (κ3) is 2.78. The highest BCUT2D eigenvalue weighted by Crippen LogP contribution is 2.35. The molecule has 0 aliphatic heterocycles. The molecule has 2 heterocycles. The zero-order valence-corrected chi connectivity index (χ0v) is 16.3. The Morgan fingerprint density at radius 2 is 1.48 bits per heavy atom. The summed E-state index contributed by atoms with van der Waals surface area (Å²) in [6, 6.07) is 25.3. The summed E-state index contributed by atoms with van der Waals surface area (Å²) in [5, 5.41) is 12.3. The largest absolute Gasteiger partial charge is 0.308 e. The standard InChI is InChI=1S/C26H19N3/c1-17-5-9-24-22(12-17)23-13-18(2)6-10-25(23)29(24)26-14-19(7-8-20(26)15-27)21-4-3-11-28-16-21/h3-14,16H,1-2H3. The number of fused-ring (bicyclic) bond motifs is 3. The van der Waals surface area contributed by atoms with Crippen LogP contribution in [0.3, 0.4) is 0 Å². The van der Waals surface area contributed by atoms with Gasteiger partial charge in [-0.25, -0.2) is 0 Å². The summed E-state index contributed by atoms with van der Waals surface area (Å²) in [6.45, 7) is 4.23.